The van der Waals surface area contributed by atoms with Crippen LogP contribution in [0.5, 0.6) is 0 Å². The zero-order chi connectivity index (χ0) is 46.8. The van der Waals surface area contributed by atoms with Gasteiger partial charge in [-0.15, -0.1) is 0 Å². The van der Waals surface area contributed by atoms with Crippen LogP contribution < -0.4 is 0 Å². The van der Waals surface area contributed by atoms with Crippen LogP contribution in [-0.2, 0) is 0 Å². The Morgan fingerprint density at radius 2 is 0.375 bits per heavy atom. The van der Waals surface area contributed by atoms with Crippen LogP contribution in [0.2, 0.25) is 0 Å². The van der Waals surface area contributed by atoms with Crippen LogP contribution in [0.3, 0.4) is 0 Å². The van der Waals surface area contributed by atoms with E-state index in [0.717, 1.165) is 0 Å². The zero-order valence-corrected chi connectivity index (χ0v) is 39.1. The topological polar surface area (TPSA) is 0 Å². The third-order valence-corrected chi connectivity index (χ3v) is 16.6. The van der Waals surface area contributed by atoms with Crippen molar-refractivity contribution in [1.82, 2.24) is 0 Å². The molecule has 0 N–H and O–H groups in total. The zero-order valence-electron chi connectivity index (χ0n) is 39.1. The van der Waals surface area contributed by atoms with Gasteiger partial charge in [0.1, 0.15) is 0 Å². The van der Waals surface area contributed by atoms with Crippen LogP contribution in [0.25, 0.3) is 175 Å². The van der Waals surface area contributed by atoms with Gasteiger partial charge in [0, 0.05) is 0 Å². The molecule has 0 amide bonds. The molecule has 0 unspecified atom stereocenters. The minimum absolute atomic E-state index is 1.24. The fourth-order valence-corrected chi connectivity index (χ4v) is 13.8. The van der Waals surface area contributed by atoms with E-state index in [2.05, 4.69) is 243 Å². The van der Waals surface area contributed by atoms with Crippen molar-refractivity contribution < 1.29 is 0 Å². The SMILES string of the molecule is c1ccc(-c2c3c(c(-c4ccccc4)c4cc5ccccc5cc24)-c2ccc4c5ccc6c7c(ccc(c8ccc-3c2c84)c75)-c2c-6c(-c3ccccc3)c3cc4ccccc4cc3c2-c2ccccc2)cc1. The molecule has 0 spiro atoms. The highest BCUT2D eigenvalue weighted by atomic mass is 14.4. The maximum Gasteiger partial charge on any atom is -0.000740 e. The summed E-state index contributed by atoms with van der Waals surface area (Å²) in [6.45, 7) is 0. The van der Waals surface area contributed by atoms with E-state index in [1.54, 1.807) is 0 Å². The summed E-state index contributed by atoms with van der Waals surface area (Å²) in [5.41, 5.74) is 20.8. The lowest BCUT2D eigenvalue weighted by Crippen LogP contribution is -1.94. The lowest BCUT2D eigenvalue weighted by atomic mass is 9.82. The van der Waals surface area contributed by atoms with E-state index in [0.29, 0.717) is 0 Å². The molecule has 0 atom stereocenters. The van der Waals surface area contributed by atoms with Crippen LogP contribution in [0.1, 0.15) is 0 Å². The summed E-state index contributed by atoms with van der Waals surface area (Å²) >= 11 is 0. The van der Waals surface area contributed by atoms with Gasteiger partial charge in [0.05, 0.1) is 0 Å². The lowest BCUT2D eigenvalue weighted by Gasteiger charge is -2.21. The second-order valence-corrected chi connectivity index (χ2v) is 20.1. The van der Waals surface area contributed by atoms with Crippen LogP contribution in [0.4, 0.5) is 0 Å². The molecule has 17 rings (SSSR count). The van der Waals surface area contributed by atoms with E-state index in [1.807, 2.05) is 0 Å². The molecule has 0 heteroatoms. The molecular formula is C72H40. The summed E-state index contributed by atoms with van der Waals surface area (Å²) in [6, 6.07) is 91.7. The van der Waals surface area contributed by atoms with Gasteiger partial charge in [-0.3, -0.25) is 0 Å². The molecule has 0 nitrogen and oxygen atoms in total. The van der Waals surface area contributed by atoms with Crippen LogP contribution >= 0.6 is 0 Å². The summed E-state index contributed by atoms with van der Waals surface area (Å²) in [4.78, 5) is 0. The number of benzene rings is 15. The van der Waals surface area contributed by atoms with Gasteiger partial charge in [0.2, 0.25) is 0 Å². The molecule has 0 aromatic heterocycles. The maximum atomic E-state index is 2.46. The van der Waals surface area contributed by atoms with Crippen molar-refractivity contribution in [2.45, 2.75) is 0 Å². The molecule has 0 radical (unpaired) electrons. The Morgan fingerprint density at radius 3 is 0.611 bits per heavy atom. The van der Waals surface area contributed by atoms with Crippen molar-refractivity contribution in [1.29, 1.82) is 0 Å². The van der Waals surface area contributed by atoms with Crippen LogP contribution in [0.15, 0.2) is 243 Å². The van der Waals surface area contributed by atoms with Gasteiger partial charge in [-0.25, -0.2) is 0 Å². The number of hydrogen-bond acceptors (Lipinski definition) is 0. The lowest BCUT2D eigenvalue weighted by molar-refractivity contribution is 1.63. The van der Waals surface area contributed by atoms with E-state index in [-0.39, 0.29) is 0 Å². The van der Waals surface area contributed by atoms with E-state index in [9.17, 15) is 0 Å². The van der Waals surface area contributed by atoms with E-state index in [4.69, 9.17) is 0 Å². The molecular weight excluding hydrogens is 865 g/mol. The first-order valence-corrected chi connectivity index (χ1v) is 25.2. The Bertz CT molecular complexity index is 4240. The van der Waals surface area contributed by atoms with Gasteiger partial charge < -0.3 is 0 Å². The Morgan fingerprint density at radius 1 is 0.153 bits per heavy atom. The smallest absolute Gasteiger partial charge is 0.000740 e. The molecule has 0 saturated heterocycles. The summed E-state index contributed by atoms with van der Waals surface area (Å²) in [5, 5.41) is 20.8. The van der Waals surface area contributed by atoms with Gasteiger partial charge in [0.25, 0.3) is 0 Å². The number of rotatable bonds is 4. The second kappa shape index (κ2) is 14.1. The highest BCUT2D eigenvalue weighted by Gasteiger charge is 2.35. The third kappa shape index (κ3) is 4.95. The van der Waals surface area contributed by atoms with Crippen molar-refractivity contribution >= 4 is 86.2 Å². The van der Waals surface area contributed by atoms with Crippen molar-refractivity contribution in [3.8, 4) is 89.0 Å². The molecule has 15 aromatic rings. The normalized spacial score (nSPS) is 12.4. The van der Waals surface area contributed by atoms with Crippen LogP contribution in [-0.4, -0.2) is 0 Å². The Labute approximate surface area is 415 Å². The fraction of sp³-hybridized carbons (Fsp3) is 0. The maximum absolute atomic E-state index is 2.46. The van der Waals surface area contributed by atoms with Gasteiger partial charge in [-0.2, -0.15) is 0 Å². The van der Waals surface area contributed by atoms with Crippen molar-refractivity contribution in [2.75, 3.05) is 0 Å². The minimum atomic E-state index is 1.24. The molecule has 0 bridgehead atoms. The molecule has 0 saturated carbocycles. The summed E-state index contributed by atoms with van der Waals surface area (Å²) in [6.07, 6.45) is 0. The van der Waals surface area contributed by atoms with Crippen molar-refractivity contribution in [2.24, 2.45) is 0 Å². The average Bonchev–Trinajstić information content (AvgIpc) is 3.96. The second-order valence-electron chi connectivity index (χ2n) is 20.1. The van der Waals surface area contributed by atoms with Crippen molar-refractivity contribution in [3.05, 3.63) is 243 Å². The third-order valence-electron chi connectivity index (χ3n) is 16.6. The molecule has 328 valence electrons. The molecule has 72 heavy (non-hydrogen) atoms. The van der Waals surface area contributed by atoms with E-state index >= 15 is 0 Å². The molecule has 0 heterocycles. The average molecular weight is 905 g/mol. The van der Waals surface area contributed by atoms with Gasteiger partial charge in [-0.1, -0.05) is 218 Å². The predicted molar refractivity (Wildman–Crippen MR) is 308 cm³/mol. The largest absolute Gasteiger partial charge is 0.0622 e. The molecule has 2 aliphatic carbocycles. The first-order chi connectivity index (χ1) is 35.8. The van der Waals surface area contributed by atoms with Gasteiger partial charge in [-0.05, 0) is 199 Å². The molecule has 0 fully saturated rings. The first kappa shape index (κ1) is 38.5. The highest BCUT2D eigenvalue weighted by molar-refractivity contribution is 6.42. The Hall–Kier alpha value is -9.36. The monoisotopic (exact) mass is 904 g/mol. The molecule has 0 aliphatic heterocycles. The van der Waals surface area contributed by atoms with Gasteiger partial charge >= 0.3 is 0 Å². The molecule has 15 aromatic carbocycles. The highest BCUT2D eigenvalue weighted by Crippen LogP contribution is 2.63. The predicted octanol–water partition coefficient (Wildman–Crippen LogP) is 20.3. The standard InChI is InChI=1S/C72H40/c1-5-17-41(18-6-1)61-57-37-45-25-13-14-26-46(45)38-58(57)62(42-19-7-2-8-20-42)70-54-34-30-50-52-32-36-56-68-55(35-31-51(66(52)68)49-29-33-53(69(61)70)67(54)65(49)50)71-63(43-21-9-3-10-22-43)59-39-47-27-15-16-28-48(47)40-60(59)64(72(56)71)44-23-11-4-12-24-44/h1-40H. The Kier molecular flexibility index (Phi) is 7.55. The summed E-state index contributed by atoms with van der Waals surface area (Å²) in [7, 11) is 0. The fourth-order valence-electron chi connectivity index (χ4n) is 13.8. The number of fused-ring (bicyclic) bond motifs is 12. The van der Waals surface area contributed by atoms with Crippen molar-refractivity contribution in [3.63, 3.8) is 0 Å². The molecule has 2 aliphatic rings. The summed E-state index contributed by atoms with van der Waals surface area (Å²) < 4.78 is 0. The number of hydrogen-bond donors (Lipinski definition) is 0. The quantitative estimate of drug-likeness (QED) is 0.122. The van der Waals surface area contributed by atoms with Crippen LogP contribution in [0, 0.1) is 0 Å². The van der Waals surface area contributed by atoms with E-state index < -0.39 is 0 Å². The summed E-state index contributed by atoms with van der Waals surface area (Å²) in [5.74, 6) is 0. The van der Waals surface area contributed by atoms with Gasteiger partial charge in [0.15, 0.2) is 0 Å². The minimum Gasteiger partial charge on any atom is -0.0622 e. The van der Waals surface area contributed by atoms with E-state index in [1.165, 1.54) is 175 Å². The Balaban J connectivity index is 1.01. The first-order valence-electron chi connectivity index (χ1n) is 25.2.